The number of anilines is 1. The number of nitrogens with zero attached hydrogens (tertiary/aromatic N) is 2. The highest BCUT2D eigenvalue weighted by atomic mass is 32.2. The van der Waals surface area contributed by atoms with Gasteiger partial charge in [0, 0.05) is 23.6 Å². The average Bonchev–Trinajstić information content (AvgIpc) is 3.32. The van der Waals surface area contributed by atoms with E-state index in [-0.39, 0.29) is 17.8 Å². The zero-order chi connectivity index (χ0) is 23.8. The van der Waals surface area contributed by atoms with Gasteiger partial charge in [-0.2, -0.15) is 5.26 Å². The second-order valence-corrected chi connectivity index (χ2v) is 8.20. The van der Waals surface area contributed by atoms with E-state index in [0.29, 0.717) is 22.1 Å². The van der Waals surface area contributed by atoms with Crippen LogP contribution in [0.2, 0.25) is 0 Å². The van der Waals surface area contributed by atoms with E-state index in [1.165, 1.54) is 30.2 Å². The minimum Gasteiger partial charge on any atom is -0.467 e. The Morgan fingerprint density at radius 1 is 1.15 bits per heavy atom. The number of thioether (sulfide) groups is 1. The zero-order valence-electron chi connectivity index (χ0n) is 18.1. The third kappa shape index (κ3) is 6.48. The van der Waals surface area contributed by atoms with Crippen molar-refractivity contribution in [1.29, 1.82) is 5.26 Å². The zero-order valence-corrected chi connectivity index (χ0v) is 18.9. The van der Waals surface area contributed by atoms with E-state index in [0.717, 1.165) is 16.8 Å². The van der Waals surface area contributed by atoms with Gasteiger partial charge in [0.25, 0.3) is 11.6 Å². The molecule has 33 heavy (non-hydrogen) atoms. The molecule has 0 saturated heterocycles. The van der Waals surface area contributed by atoms with Gasteiger partial charge in [-0.15, -0.1) is 11.8 Å². The maximum absolute atomic E-state index is 12.8. The van der Waals surface area contributed by atoms with Crippen LogP contribution in [-0.4, -0.2) is 10.8 Å². The maximum atomic E-state index is 12.8. The fraction of sp³-hybridized carbons (Fsp3) is 0.167. The Labute approximate surface area is 195 Å². The lowest BCUT2D eigenvalue weighted by Gasteiger charge is -2.14. The number of hydrogen-bond acceptors (Lipinski definition) is 7. The van der Waals surface area contributed by atoms with Crippen LogP contribution in [0.1, 0.15) is 22.5 Å². The molecule has 1 aromatic heterocycles. The highest BCUT2D eigenvalue weighted by molar-refractivity contribution is 8.02. The summed E-state index contributed by atoms with van der Waals surface area (Å²) in [4.78, 5) is 23.4. The molecular formula is C24H22N4O4S. The first-order chi connectivity index (χ1) is 15.9. The SMILES string of the molecule is Cc1ccc(N/C(SCc2cccc([N+](=O)[O-])c2)=C(/C#N)C(=O)NCc2ccco2)cc1C. The molecule has 0 fully saturated rings. The lowest BCUT2D eigenvalue weighted by molar-refractivity contribution is -0.384. The molecule has 0 atom stereocenters. The van der Waals surface area contributed by atoms with Crippen molar-refractivity contribution in [1.82, 2.24) is 5.32 Å². The van der Waals surface area contributed by atoms with E-state index >= 15 is 0 Å². The highest BCUT2D eigenvalue weighted by Crippen LogP contribution is 2.28. The lowest BCUT2D eigenvalue weighted by atomic mass is 10.1. The first-order valence-corrected chi connectivity index (χ1v) is 11.0. The van der Waals surface area contributed by atoms with E-state index in [2.05, 4.69) is 10.6 Å². The molecule has 1 amide bonds. The van der Waals surface area contributed by atoms with Gasteiger partial charge in [0.2, 0.25) is 0 Å². The minimum atomic E-state index is -0.549. The monoisotopic (exact) mass is 462 g/mol. The topological polar surface area (TPSA) is 121 Å². The van der Waals surface area contributed by atoms with Gasteiger partial charge < -0.3 is 15.1 Å². The molecule has 3 rings (SSSR count). The van der Waals surface area contributed by atoms with Crippen LogP contribution in [0.25, 0.3) is 0 Å². The number of benzene rings is 2. The van der Waals surface area contributed by atoms with Crippen molar-refractivity contribution in [3.05, 3.63) is 104 Å². The third-order valence-electron chi connectivity index (χ3n) is 4.84. The first kappa shape index (κ1) is 23.6. The van der Waals surface area contributed by atoms with E-state index in [1.54, 1.807) is 24.3 Å². The van der Waals surface area contributed by atoms with Gasteiger partial charge in [-0.25, -0.2) is 0 Å². The summed E-state index contributed by atoms with van der Waals surface area (Å²) in [6.07, 6.45) is 1.50. The Hall–Kier alpha value is -4.03. The van der Waals surface area contributed by atoms with Gasteiger partial charge in [-0.1, -0.05) is 18.2 Å². The molecule has 0 aliphatic rings. The highest BCUT2D eigenvalue weighted by Gasteiger charge is 2.18. The summed E-state index contributed by atoms with van der Waals surface area (Å²) in [6.45, 7) is 4.11. The number of nitro groups is 1. The summed E-state index contributed by atoms with van der Waals surface area (Å²) in [6, 6.07) is 17.4. The molecule has 0 bridgehead atoms. The van der Waals surface area contributed by atoms with Gasteiger partial charge >= 0.3 is 0 Å². The number of furan rings is 1. The summed E-state index contributed by atoms with van der Waals surface area (Å²) in [5.74, 6) is 0.339. The molecular weight excluding hydrogens is 440 g/mol. The number of amides is 1. The van der Waals surface area contributed by atoms with Gasteiger partial charge in [0.15, 0.2) is 0 Å². The molecule has 2 N–H and O–H groups in total. The smallest absolute Gasteiger partial charge is 0.269 e. The van der Waals surface area contributed by atoms with E-state index in [4.69, 9.17) is 4.42 Å². The number of nitrogens with one attached hydrogen (secondary N) is 2. The van der Waals surface area contributed by atoms with Crippen molar-refractivity contribution in [3.8, 4) is 6.07 Å². The predicted molar refractivity (Wildman–Crippen MR) is 127 cm³/mol. The van der Waals surface area contributed by atoms with Gasteiger partial charge in [0.1, 0.15) is 17.4 Å². The predicted octanol–water partition coefficient (Wildman–Crippen LogP) is 5.20. The number of carbonyl (C=O) groups excluding carboxylic acids is 1. The number of nitro benzene ring substituents is 1. The molecule has 0 aliphatic heterocycles. The van der Waals surface area contributed by atoms with Crippen molar-refractivity contribution in [2.45, 2.75) is 26.1 Å². The Balaban J connectivity index is 1.87. The van der Waals surface area contributed by atoms with Crippen LogP contribution in [0, 0.1) is 35.3 Å². The molecule has 0 radical (unpaired) electrons. The quantitative estimate of drug-likeness (QED) is 0.194. The lowest BCUT2D eigenvalue weighted by Crippen LogP contribution is -2.25. The van der Waals surface area contributed by atoms with Gasteiger partial charge in [0.05, 0.1) is 22.8 Å². The molecule has 0 saturated carbocycles. The molecule has 0 unspecified atom stereocenters. The summed E-state index contributed by atoms with van der Waals surface area (Å²) in [7, 11) is 0. The summed E-state index contributed by atoms with van der Waals surface area (Å²) < 4.78 is 5.22. The standard InChI is InChI=1S/C24H22N4O4S/c1-16-8-9-19(11-17(16)2)27-24(33-15-18-5-3-6-20(12-18)28(30)31)22(13-25)23(29)26-14-21-7-4-10-32-21/h3-12,27H,14-15H2,1-2H3,(H,26,29)/b24-22+. The number of aryl methyl sites for hydroxylation is 2. The van der Waals surface area contributed by atoms with Crippen molar-refractivity contribution in [2.24, 2.45) is 0 Å². The number of carbonyl (C=O) groups is 1. The van der Waals surface area contributed by atoms with Gasteiger partial charge in [-0.05, 0) is 54.8 Å². The number of non-ortho nitro benzene ring substituents is 1. The molecule has 3 aromatic rings. The van der Waals surface area contributed by atoms with Crippen LogP contribution in [-0.2, 0) is 17.1 Å². The molecule has 2 aromatic carbocycles. The largest absolute Gasteiger partial charge is 0.467 e. The second kappa shape index (κ2) is 11.0. The summed E-state index contributed by atoms with van der Waals surface area (Å²) in [5.41, 5.74) is 3.50. The van der Waals surface area contributed by atoms with Crippen LogP contribution in [0.3, 0.4) is 0 Å². The molecule has 0 spiro atoms. The van der Waals surface area contributed by atoms with Gasteiger partial charge in [-0.3, -0.25) is 14.9 Å². The molecule has 0 aliphatic carbocycles. The molecule has 168 valence electrons. The van der Waals surface area contributed by atoms with Crippen molar-refractivity contribution >= 4 is 29.0 Å². The number of hydrogen-bond donors (Lipinski definition) is 2. The molecule has 8 nitrogen and oxygen atoms in total. The molecule has 9 heteroatoms. The Morgan fingerprint density at radius 2 is 1.97 bits per heavy atom. The normalized spacial score (nSPS) is 11.3. The van der Waals surface area contributed by atoms with Crippen LogP contribution in [0.5, 0.6) is 0 Å². The van der Waals surface area contributed by atoms with Crippen LogP contribution in [0.4, 0.5) is 11.4 Å². The fourth-order valence-corrected chi connectivity index (χ4v) is 3.87. The first-order valence-electron chi connectivity index (χ1n) is 10.0. The Morgan fingerprint density at radius 3 is 2.64 bits per heavy atom. The van der Waals surface area contributed by atoms with Crippen molar-refractivity contribution < 1.29 is 14.1 Å². The average molecular weight is 463 g/mol. The third-order valence-corrected chi connectivity index (χ3v) is 5.91. The summed E-state index contributed by atoms with van der Waals surface area (Å²) in [5, 5.41) is 27.1. The van der Waals surface area contributed by atoms with E-state index < -0.39 is 10.8 Å². The minimum absolute atomic E-state index is 0.0163. The van der Waals surface area contributed by atoms with E-state index in [9.17, 15) is 20.2 Å². The van der Waals surface area contributed by atoms with Crippen LogP contribution in [0.15, 0.2) is 75.9 Å². The number of nitriles is 1. The Bertz CT molecular complexity index is 1230. The number of rotatable bonds is 9. The fourth-order valence-electron chi connectivity index (χ4n) is 2.91. The van der Waals surface area contributed by atoms with Crippen LogP contribution >= 0.6 is 11.8 Å². The van der Waals surface area contributed by atoms with Crippen LogP contribution < -0.4 is 10.6 Å². The summed E-state index contributed by atoms with van der Waals surface area (Å²) >= 11 is 1.22. The van der Waals surface area contributed by atoms with E-state index in [1.807, 2.05) is 38.1 Å². The van der Waals surface area contributed by atoms with Crippen molar-refractivity contribution in [2.75, 3.05) is 5.32 Å². The molecule has 1 heterocycles. The van der Waals surface area contributed by atoms with Crippen molar-refractivity contribution in [3.63, 3.8) is 0 Å². The Kier molecular flexibility index (Phi) is 7.89. The second-order valence-electron chi connectivity index (χ2n) is 7.22. The maximum Gasteiger partial charge on any atom is 0.269 e.